The fraction of sp³-hybridized carbons (Fsp3) is 0.300. The van der Waals surface area contributed by atoms with Crippen molar-refractivity contribution in [2.75, 3.05) is 26.2 Å². The highest BCUT2D eigenvalue weighted by molar-refractivity contribution is 7.89. The molecule has 0 spiro atoms. The number of para-hydroxylation sites is 1. The summed E-state index contributed by atoms with van der Waals surface area (Å²) in [6, 6.07) is 10.3. The predicted octanol–water partition coefficient (Wildman–Crippen LogP) is 0.715. The molecule has 4 rings (SSSR count). The summed E-state index contributed by atoms with van der Waals surface area (Å²) < 4.78 is 28.4. The third-order valence-corrected chi connectivity index (χ3v) is 7.05. The van der Waals surface area contributed by atoms with Gasteiger partial charge >= 0.3 is 0 Å². The van der Waals surface area contributed by atoms with Gasteiger partial charge in [0.1, 0.15) is 4.90 Å². The van der Waals surface area contributed by atoms with Gasteiger partial charge in [-0.2, -0.15) is 9.40 Å². The number of fused-ring (bicyclic) bond motifs is 1. The van der Waals surface area contributed by atoms with E-state index in [4.69, 9.17) is 0 Å². The van der Waals surface area contributed by atoms with Crippen LogP contribution in [0.2, 0.25) is 0 Å². The molecule has 1 aliphatic rings. The van der Waals surface area contributed by atoms with Crippen LogP contribution in [0.4, 0.5) is 0 Å². The van der Waals surface area contributed by atoms with Gasteiger partial charge in [-0.1, -0.05) is 12.1 Å². The number of sulfonamides is 1. The van der Waals surface area contributed by atoms with Crippen molar-refractivity contribution in [3.63, 3.8) is 0 Å². The van der Waals surface area contributed by atoms with Gasteiger partial charge in [-0.15, -0.1) is 0 Å². The Morgan fingerprint density at radius 2 is 1.77 bits per heavy atom. The van der Waals surface area contributed by atoms with E-state index in [1.54, 1.807) is 33.8 Å². The molecule has 1 aliphatic heterocycles. The van der Waals surface area contributed by atoms with Crippen molar-refractivity contribution < 1.29 is 13.2 Å². The molecular weight excluding hydrogens is 406 g/mol. The van der Waals surface area contributed by atoms with Crippen molar-refractivity contribution in [2.24, 2.45) is 0 Å². The number of piperazine rings is 1. The number of hydrogen-bond donors (Lipinski definition) is 0. The molecule has 1 amide bonds. The third kappa shape index (κ3) is 3.96. The number of benzene rings is 1. The standard InChI is InChI=1S/C20H21N5O4S/c26-19-15-22-25(18-6-2-1-5-17(18)19)9-7-20(27)23-10-12-24(13-11-23)30(28,29)16-4-3-8-21-14-16/h1-6,8,14-15H,7,9-13H2. The molecule has 0 bridgehead atoms. The Morgan fingerprint density at radius 3 is 2.50 bits per heavy atom. The first-order valence-electron chi connectivity index (χ1n) is 9.59. The van der Waals surface area contributed by atoms with Gasteiger partial charge in [0.2, 0.25) is 21.4 Å². The van der Waals surface area contributed by atoms with Crippen molar-refractivity contribution in [3.05, 3.63) is 65.2 Å². The molecule has 9 nitrogen and oxygen atoms in total. The summed E-state index contributed by atoms with van der Waals surface area (Å²) >= 11 is 0. The highest BCUT2D eigenvalue weighted by Crippen LogP contribution is 2.17. The fourth-order valence-electron chi connectivity index (χ4n) is 3.53. The van der Waals surface area contributed by atoms with E-state index in [9.17, 15) is 18.0 Å². The lowest BCUT2D eigenvalue weighted by Gasteiger charge is -2.34. The molecule has 30 heavy (non-hydrogen) atoms. The number of hydrogen-bond acceptors (Lipinski definition) is 6. The quantitative estimate of drug-likeness (QED) is 0.594. The lowest BCUT2D eigenvalue weighted by molar-refractivity contribution is -0.132. The molecule has 1 saturated heterocycles. The van der Waals surface area contributed by atoms with Crippen LogP contribution in [-0.2, 0) is 21.4 Å². The SMILES string of the molecule is O=C(CCn1ncc(=O)c2ccccc21)N1CCN(S(=O)(=O)c2cccnc2)CC1. The average Bonchev–Trinajstić information content (AvgIpc) is 2.79. The molecule has 10 heteroatoms. The van der Waals surface area contributed by atoms with Gasteiger partial charge in [0, 0.05) is 50.4 Å². The summed E-state index contributed by atoms with van der Waals surface area (Å²) in [6.45, 7) is 1.48. The Labute approximate surface area is 173 Å². The molecule has 0 radical (unpaired) electrons. The van der Waals surface area contributed by atoms with Gasteiger partial charge in [0.25, 0.3) is 0 Å². The first kappa shape index (κ1) is 20.2. The molecule has 2 aromatic heterocycles. The number of aromatic nitrogens is 3. The van der Waals surface area contributed by atoms with E-state index in [-0.39, 0.29) is 35.7 Å². The second-order valence-electron chi connectivity index (χ2n) is 6.97. The van der Waals surface area contributed by atoms with Crippen molar-refractivity contribution in [3.8, 4) is 0 Å². The first-order valence-corrected chi connectivity index (χ1v) is 11.0. The number of pyridine rings is 1. The molecule has 1 fully saturated rings. The summed E-state index contributed by atoms with van der Waals surface area (Å²) in [5.41, 5.74) is 0.532. The van der Waals surface area contributed by atoms with E-state index in [0.717, 1.165) is 0 Å². The number of carbonyl (C=O) groups is 1. The van der Waals surface area contributed by atoms with E-state index in [2.05, 4.69) is 10.1 Å². The highest BCUT2D eigenvalue weighted by atomic mass is 32.2. The monoisotopic (exact) mass is 427 g/mol. The van der Waals surface area contributed by atoms with Crippen molar-refractivity contribution in [2.45, 2.75) is 17.9 Å². The Bertz CT molecular complexity index is 1220. The third-order valence-electron chi connectivity index (χ3n) is 5.16. The summed E-state index contributed by atoms with van der Waals surface area (Å²) in [5, 5.41) is 4.71. The number of rotatable bonds is 5. The van der Waals surface area contributed by atoms with Crippen molar-refractivity contribution in [1.29, 1.82) is 0 Å². The van der Waals surface area contributed by atoms with Crippen LogP contribution < -0.4 is 5.43 Å². The molecule has 0 N–H and O–H groups in total. The van der Waals surface area contributed by atoms with Gasteiger partial charge in [0.15, 0.2) is 0 Å². The molecule has 1 aromatic carbocycles. The maximum atomic E-state index is 12.7. The number of carbonyl (C=O) groups excluding carboxylic acids is 1. The molecular formula is C20H21N5O4S. The molecule has 0 unspecified atom stereocenters. The van der Waals surface area contributed by atoms with Crippen LogP contribution in [0.5, 0.6) is 0 Å². The van der Waals surface area contributed by atoms with Gasteiger partial charge in [-0.25, -0.2) is 8.42 Å². The molecule has 3 heterocycles. The minimum atomic E-state index is -3.61. The second kappa shape index (κ2) is 8.33. The second-order valence-corrected chi connectivity index (χ2v) is 8.91. The summed E-state index contributed by atoms with van der Waals surface area (Å²) in [5.74, 6) is -0.0713. The number of amides is 1. The lowest BCUT2D eigenvalue weighted by atomic mass is 10.2. The largest absolute Gasteiger partial charge is 0.340 e. The Hall–Kier alpha value is -3.11. The molecule has 3 aromatic rings. The van der Waals surface area contributed by atoms with Gasteiger partial charge in [-0.05, 0) is 24.3 Å². The van der Waals surface area contributed by atoms with Crippen LogP contribution in [0.15, 0.2) is 64.7 Å². The first-order chi connectivity index (χ1) is 14.5. The van der Waals surface area contributed by atoms with E-state index < -0.39 is 10.0 Å². The van der Waals surface area contributed by atoms with Crippen LogP contribution in [0.1, 0.15) is 6.42 Å². The topological polar surface area (TPSA) is 105 Å². The molecule has 0 saturated carbocycles. The van der Waals surface area contributed by atoms with Crippen LogP contribution in [0, 0.1) is 0 Å². The van der Waals surface area contributed by atoms with Crippen molar-refractivity contribution >= 4 is 26.8 Å². The van der Waals surface area contributed by atoms with Crippen LogP contribution in [0.3, 0.4) is 0 Å². The van der Waals surface area contributed by atoms with E-state index in [1.165, 1.54) is 29.0 Å². The maximum absolute atomic E-state index is 12.7. The Kier molecular flexibility index (Phi) is 5.60. The number of nitrogens with zero attached hydrogens (tertiary/aromatic N) is 5. The van der Waals surface area contributed by atoms with E-state index in [1.807, 2.05) is 6.07 Å². The minimum Gasteiger partial charge on any atom is -0.340 e. The fourth-order valence-corrected chi connectivity index (χ4v) is 4.91. The predicted molar refractivity (Wildman–Crippen MR) is 110 cm³/mol. The summed E-state index contributed by atoms with van der Waals surface area (Å²) in [7, 11) is -3.61. The average molecular weight is 427 g/mol. The zero-order valence-corrected chi connectivity index (χ0v) is 17.0. The smallest absolute Gasteiger partial charge is 0.244 e. The summed E-state index contributed by atoms with van der Waals surface area (Å²) in [6.07, 6.45) is 4.33. The molecule has 0 aliphatic carbocycles. The Balaban J connectivity index is 1.38. The van der Waals surface area contributed by atoms with Gasteiger partial charge < -0.3 is 4.90 Å². The zero-order valence-electron chi connectivity index (χ0n) is 16.2. The molecule has 0 atom stereocenters. The minimum absolute atomic E-state index is 0.0713. The zero-order chi connectivity index (χ0) is 21.1. The maximum Gasteiger partial charge on any atom is 0.244 e. The van der Waals surface area contributed by atoms with Gasteiger partial charge in [0.05, 0.1) is 18.3 Å². The number of aryl methyl sites for hydroxylation is 1. The van der Waals surface area contributed by atoms with Gasteiger partial charge in [-0.3, -0.25) is 19.3 Å². The summed E-state index contributed by atoms with van der Waals surface area (Å²) in [4.78, 5) is 30.3. The lowest BCUT2D eigenvalue weighted by Crippen LogP contribution is -2.50. The molecule has 156 valence electrons. The van der Waals surface area contributed by atoms with E-state index >= 15 is 0 Å². The van der Waals surface area contributed by atoms with E-state index in [0.29, 0.717) is 30.5 Å². The van der Waals surface area contributed by atoms with Crippen LogP contribution in [0.25, 0.3) is 10.9 Å². The highest BCUT2D eigenvalue weighted by Gasteiger charge is 2.30. The normalized spacial score (nSPS) is 15.4. The van der Waals surface area contributed by atoms with Crippen LogP contribution in [-0.4, -0.2) is 64.5 Å². The van der Waals surface area contributed by atoms with Crippen LogP contribution >= 0.6 is 0 Å². The Morgan fingerprint density at radius 1 is 1.00 bits per heavy atom. The van der Waals surface area contributed by atoms with Crippen molar-refractivity contribution in [1.82, 2.24) is 24.0 Å².